The van der Waals surface area contributed by atoms with E-state index in [1.54, 1.807) is 22.8 Å². The van der Waals surface area contributed by atoms with Crippen molar-refractivity contribution in [2.45, 2.75) is 24.9 Å². The molecule has 0 spiro atoms. The number of halogens is 3. The molecule has 3 heterocycles. The van der Waals surface area contributed by atoms with Crippen LogP contribution in [0.4, 0.5) is 13.2 Å². The molecule has 1 saturated carbocycles. The van der Waals surface area contributed by atoms with Crippen molar-refractivity contribution in [1.82, 2.24) is 19.5 Å². The van der Waals surface area contributed by atoms with E-state index in [1.807, 2.05) is 0 Å². The molecule has 132 valence electrons. The fourth-order valence-electron chi connectivity index (χ4n) is 3.08. The highest BCUT2D eigenvalue weighted by atomic mass is 32.1. The van der Waals surface area contributed by atoms with E-state index < -0.39 is 11.9 Å². The van der Waals surface area contributed by atoms with E-state index >= 15 is 0 Å². The molecule has 0 saturated heterocycles. The van der Waals surface area contributed by atoms with Gasteiger partial charge >= 0.3 is 11.0 Å². The van der Waals surface area contributed by atoms with Crippen molar-refractivity contribution < 1.29 is 13.2 Å². The number of pyridine rings is 1. The van der Waals surface area contributed by atoms with Gasteiger partial charge in [-0.15, -0.1) is 0 Å². The quantitative estimate of drug-likeness (QED) is 0.570. The molecule has 1 aliphatic rings. The summed E-state index contributed by atoms with van der Waals surface area (Å²) in [5.74, 6) is 0.938. The van der Waals surface area contributed by atoms with Crippen LogP contribution in [0.2, 0.25) is 0 Å². The van der Waals surface area contributed by atoms with Gasteiger partial charge in [-0.2, -0.15) is 13.2 Å². The molecule has 1 N–H and O–H groups in total. The number of hydrogen-bond donors (Lipinski definition) is 1. The minimum atomic E-state index is -4.52. The van der Waals surface area contributed by atoms with Gasteiger partial charge in [0.15, 0.2) is 5.65 Å². The number of thiazole rings is 1. The van der Waals surface area contributed by atoms with Crippen LogP contribution >= 0.6 is 11.3 Å². The molecule has 0 aliphatic heterocycles. The van der Waals surface area contributed by atoms with Crippen molar-refractivity contribution in [2.75, 3.05) is 0 Å². The van der Waals surface area contributed by atoms with E-state index in [1.165, 1.54) is 6.07 Å². The number of aromatic amines is 1. The van der Waals surface area contributed by atoms with Crippen LogP contribution in [-0.2, 0) is 6.18 Å². The van der Waals surface area contributed by atoms with Crippen molar-refractivity contribution in [1.29, 1.82) is 0 Å². The maximum absolute atomic E-state index is 13.1. The molecule has 9 heteroatoms. The molecule has 0 unspecified atom stereocenters. The van der Waals surface area contributed by atoms with Gasteiger partial charge in [0.25, 0.3) is 0 Å². The highest BCUT2D eigenvalue weighted by Crippen LogP contribution is 2.42. The van der Waals surface area contributed by atoms with Crippen molar-refractivity contribution >= 4 is 32.7 Å². The van der Waals surface area contributed by atoms with Crippen LogP contribution in [0.3, 0.4) is 0 Å². The van der Waals surface area contributed by atoms with E-state index in [4.69, 9.17) is 0 Å². The molecule has 4 aromatic rings. The standard InChI is InChI=1S/C17H11F3N4OS/c18-17(19,20)13-6-5-11-15(23-13)24(14(21-11)8-1-2-8)9-3-4-10-12(7-9)26-16(25)22-10/h3-8H,1-2H2,(H,22,25). The molecule has 26 heavy (non-hydrogen) atoms. The Balaban J connectivity index is 1.80. The second-order valence-electron chi connectivity index (χ2n) is 6.31. The number of hydrogen-bond acceptors (Lipinski definition) is 4. The number of aromatic nitrogens is 4. The first-order valence-electron chi connectivity index (χ1n) is 8.00. The summed E-state index contributed by atoms with van der Waals surface area (Å²) in [5, 5.41) is 0. The van der Waals surface area contributed by atoms with Crippen LogP contribution in [0.5, 0.6) is 0 Å². The Morgan fingerprint density at radius 1 is 1.15 bits per heavy atom. The number of H-pyrrole nitrogens is 1. The van der Waals surface area contributed by atoms with Crippen molar-refractivity contribution in [3.05, 3.63) is 51.5 Å². The summed E-state index contributed by atoms with van der Waals surface area (Å²) in [6.07, 6.45) is -2.61. The first-order chi connectivity index (χ1) is 12.4. The van der Waals surface area contributed by atoms with Gasteiger partial charge in [0.05, 0.1) is 15.9 Å². The Kier molecular flexibility index (Phi) is 3.09. The molecule has 5 nitrogen and oxygen atoms in total. The van der Waals surface area contributed by atoms with Crippen molar-refractivity contribution in [2.24, 2.45) is 0 Å². The van der Waals surface area contributed by atoms with Crippen LogP contribution in [0.15, 0.2) is 35.1 Å². The smallest absolute Gasteiger partial charge is 0.312 e. The molecule has 1 fully saturated rings. The van der Waals surface area contributed by atoms with Crippen molar-refractivity contribution in [3.63, 3.8) is 0 Å². The fourth-order valence-corrected chi connectivity index (χ4v) is 3.85. The zero-order valence-corrected chi connectivity index (χ0v) is 14.0. The van der Waals surface area contributed by atoms with Gasteiger partial charge < -0.3 is 4.98 Å². The number of nitrogens with one attached hydrogen (secondary N) is 1. The van der Waals surface area contributed by atoms with Gasteiger partial charge in [-0.3, -0.25) is 9.36 Å². The largest absolute Gasteiger partial charge is 0.433 e. The number of benzene rings is 1. The van der Waals surface area contributed by atoms with Gasteiger partial charge in [-0.1, -0.05) is 11.3 Å². The summed E-state index contributed by atoms with van der Waals surface area (Å²) in [6, 6.07) is 7.61. The first-order valence-corrected chi connectivity index (χ1v) is 8.81. The predicted octanol–water partition coefficient (Wildman–Crippen LogP) is 4.22. The lowest BCUT2D eigenvalue weighted by Gasteiger charge is -2.10. The maximum Gasteiger partial charge on any atom is 0.433 e. The van der Waals surface area contributed by atoms with Crippen LogP contribution in [-0.4, -0.2) is 19.5 Å². The molecule has 1 aliphatic carbocycles. The Labute approximate surface area is 148 Å². The maximum atomic E-state index is 13.1. The summed E-state index contributed by atoms with van der Waals surface area (Å²) < 4.78 is 41.8. The van der Waals surface area contributed by atoms with Crippen LogP contribution < -0.4 is 4.87 Å². The third-order valence-electron chi connectivity index (χ3n) is 4.43. The summed E-state index contributed by atoms with van der Waals surface area (Å²) in [7, 11) is 0. The zero-order valence-electron chi connectivity index (χ0n) is 13.2. The topological polar surface area (TPSA) is 63.6 Å². The summed E-state index contributed by atoms with van der Waals surface area (Å²) in [5.41, 5.74) is 1.03. The average molecular weight is 376 g/mol. The molecular weight excluding hydrogens is 365 g/mol. The molecule has 0 bridgehead atoms. The summed E-state index contributed by atoms with van der Waals surface area (Å²) >= 11 is 1.06. The monoisotopic (exact) mass is 376 g/mol. The van der Waals surface area contributed by atoms with Gasteiger partial charge in [0.1, 0.15) is 17.0 Å². The van der Waals surface area contributed by atoms with Gasteiger partial charge in [-0.25, -0.2) is 9.97 Å². The van der Waals surface area contributed by atoms with Crippen molar-refractivity contribution in [3.8, 4) is 5.69 Å². The van der Waals surface area contributed by atoms with Crippen LogP contribution in [0.25, 0.3) is 27.1 Å². The number of alkyl halides is 3. The molecule has 5 rings (SSSR count). The van der Waals surface area contributed by atoms with Crippen LogP contribution in [0, 0.1) is 0 Å². The van der Waals surface area contributed by atoms with Gasteiger partial charge in [0.2, 0.25) is 0 Å². The zero-order chi connectivity index (χ0) is 18.1. The Hall–Kier alpha value is -2.68. The molecule has 0 radical (unpaired) electrons. The van der Waals surface area contributed by atoms with E-state index in [0.29, 0.717) is 22.5 Å². The average Bonchev–Trinajstić information content (AvgIpc) is 3.25. The predicted molar refractivity (Wildman–Crippen MR) is 91.8 cm³/mol. The fraction of sp³-hybridized carbons (Fsp3) is 0.235. The number of imidazole rings is 1. The first kappa shape index (κ1) is 15.6. The number of rotatable bonds is 2. The minimum absolute atomic E-state index is 0.174. The van der Waals surface area contributed by atoms with E-state index in [9.17, 15) is 18.0 Å². The minimum Gasteiger partial charge on any atom is -0.312 e. The molecule has 0 amide bonds. The molecule has 0 atom stereocenters. The van der Waals surface area contributed by atoms with Crippen LogP contribution in [0.1, 0.15) is 30.3 Å². The molecule has 3 aromatic heterocycles. The lowest BCUT2D eigenvalue weighted by molar-refractivity contribution is -0.141. The third kappa shape index (κ3) is 2.42. The third-order valence-corrected chi connectivity index (χ3v) is 5.27. The van der Waals surface area contributed by atoms with E-state index in [-0.39, 0.29) is 16.4 Å². The Morgan fingerprint density at radius 3 is 2.69 bits per heavy atom. The summed E-state index contributed by atoms with van der Waals surface area (Å²) in [4.78, 5) is 22.5. The molecule has 1 aromatic carbocycles. The summed E-state index contributed by atoms with van der Waals surface area (Å²) in [6.45, 7) is 0. The number of nitrogens with zero attached hydrogens (tertiary/aromatic N) is 3. The van der Waals surface area contributed by atoms with E-state index in [0.717, 1.165) is 34.9 Å². The molecular formula is C17H11F3N4OS. The number of fused-ring (bicyclic) bond motifs is 2. The Morgan fingerprint density at radius 2 is 1.96 bits per heavy atom. The second-order valence-corrected chi connectivity index (χ2v) is 7.33. The van der Waals surface area contributed by atoms with E-state index in [2.05, 4.69) is 15.0 Å². The Bertz CT molecular complexity index is 1220. The van der Waals surface area contributed by atoms with Gasteiger partial charge in [-0.05, 0) is 43.2 Å². The lowest BCUT2D eigenvalue weighted by atomic mass is 10.2. The van der Waals surface area contributed by atoms with Gasteiger partial charge in [0, 0.05) is 5.92 Å². The highest BCUT2D eigenvalue weighted by molar-refractivity contribution is 7.16. The highest BCUT2D eigenvalue weighted by Gasteiger charge is 2.35. The SMILES string of the molecule is O=c1[nH]c2ccc(-n3c(C4CC4)nc4ccc(C(F)(F)F)nc43)cc2s1. The second kappa shape index (κ2) is 5.16. The normalized spacial score (nSPS) is 15.2. The lowest BCUT2D eigenvalue weighted by Crippen LogP contribution is -2.09.